The largest absolute Gasteiger partial charge is 0.228 e. The van der Waals surface area contributed by atoms with Crippen LogP contribution in [0.1, 0.15) is 79.1 Å². The Labute approximate surface area is 200 Å². The summed E-state index contributed by atoms with van der Waals surface area (Å²) in [5, 5.41) is 0. The smallest absolute Gasteiger partial charge is 0.155 e. The summed E-state index contributed by atoms with van der Waals surface area (Å²) in [6, 6.07) is 8.91. The predicted octanol–water partition coefficient (Wildman–Crippen LogP) is 8.03. The molecule has 1 aliphatic rings. The highest BCUT2D eigenvalue weighted by Gasteiger charge is 2.33. The van der Waals surface area contributed by atoms with Crippen molar-refractivity contribution in [2.45, 2.75) is 93.6 Å². The molecule has 5 heteroatoms. The van der Waals surface area contributed by atoms with E-state index in [1.807, 2.05) is 44.3 Å². The number of hydrogen-bond acceptors (Lipinski definition) is 4. The first kappa shape index (κ1) is 26.9. The van der Waals surface area contributed by atoms with Gasteiger partial charge in [-0.1, -0.05) is 50.3 Å². The Balaban J connectivity index is 1.57. The van der Waals surface area contributed by atoms with Crippen molar-refractivity contribution in [1.29, 1.82) is 0 Å². The van der Waals surface area contributed by atoms with Crippen LogP contribution in [0.15, 0.2) is 46.2 Å². The van der Waals surface area contributed by atoms with E-state index < -0.39 is 14.6 Å². The molecule has 0 radical (unpaired) electrons. The maximum absolute atomic E-state index is 12.4. The van der Waals surface area contributed by atoms with Gasteiger partial charge in [-0.25, -0.2) is 8.42 Å². The number of thioether (sulfide) groups is 2. The van der Waals surface area contributed by atoms with E-state index >= 15 is 0 Å². The molecule has 0 spiro atoms. The fourth-order valence-electron chi connectivity index (χ4n) is 4.04. The first-order valence-corrected chi connectivity index (χ1v) is 15.5. The lowest BCUT2D eigenvalue weighted by molar-refractivity contribution is 0.272. The molecule has 1 aromatic rings. The van der Waals surface area contributed by atoms with Gasteiger partial charge in [-0.2, -0.15) is 0 Å². The van der Waals surface area contributed by atoms with E-state index in [0.29, 0.717) is 11.7 Å². The van der Waals surface area contributed by atoms with Crippen LogP contribution in [0.4, 0.5) is 0 Å². The zero-order chi connectivity index (χ0) is 22.7. The number of unbranched alkanes of at least 4 members (excludes halogenated alkanes) is 2. The van der Waals surface area contributed by atoms with Gasteiger partial charge in [0.1, 0.15) is 0 Å². The van der Waals surface area contributed by atoms with Crippen molar-refractivity contribution in [1.82, 2.24) is 0 Å². The van der Waals surface area contributed by atoms with E-state index in [1.165, 1.54) is 54.1 Å². The minimum atomic E-state index is -2.98. The predicted molar refractivity (Wildman–Crippen MR) is 140 cm³/mol. The first-order chi connectivity index (χ1) is 14.7. The van der Waals surface area contributed by atoms with Crippen LogP contribution in [0, 0.1) is 11.8 Å². The Kier molecular flexibility index (Phi) is 11.6. The monoisotopic (exact) mass is 482 g/mol. The molecule has 2 rings (SSSR count). The van der Waals surface area contributed by atoms with E-state index in [1.54, 1.807) is 0 Å². The molecule has 1 saturated carbocycles. The van der Waals surface area contributed by atoms with Crippen molar-refractivity contribution in [2.24, 2.45) is 11.8 Å². The molecular formula is C26H42O2S3. The summed E-state index contributed by atoms with van der Waals surface area (Å²) < 4.78 is 24.3. The second kappa shape index (κ2) is 13.3. The van der Waals surface area contributed by atoms with Crippen LogP contribution in [-0.2, 0) is 9.84 Å². The van der Waals surface area contributed by atoms with E-state index in [-0.39, 0.29) is 0 Å². The Bertz CT molecular complexity index is 770. The molecule has 0 unspecified atom stereocenters. The van der Waals surface area contributed by atoms with Gasteiger partial charge in [-0.05, 0) is 82.7 Å². The molecule has 2 nitrogen and oxygen atoms in total. The second-order valence-corrected chi connectivity index (χ2v) is 14.9. The zero-order valence-corrected chi connectivity index (χ0v) is 22.4. The lowest BCUT2D eigenvalue weighted by Crippen LogP contribution is -2.34. The SMILES string of the molecule is C/C=C/CSc1cccc(SCCCCCC2CCC(CS(=O)(=O)C(C)(C)C)CC2)c1. The third kappa shape index (κ3) is 9.96. The van der Waals surface area contributed by atoms with Crippen LogP contribution in [0.5, 0.6) is 0 Å². The molecule has 0 N–H and O–H groups in total. The molecule has 0 aromatic heterocycles. The Morgan fingerprint density at radius 2 is 1.61 bits per heavy atom. The lowest BCUT2D eigenvalue weighted by atomic mass is 9.80. The van der Waals surface area contributed by atoms with Gasteiger partial charge < -0.3 is 0 Å². The maximum atomic E-state index is 12.4. The van der Waals surface area contributed by atoms with Gasteiger partial charge in [-0.15, -0.1) is 23.5 Å². The molecule has 0 aliphatic heterocycles. The summed E-state index contributed by atoms with van der Waals surface area (Å²) >= 11 is 3.87. The van der Waals surface area contributed by atoms with Gasteiger partial charge in [0.2, 0.25) is 0 Å². The molecule has 0 atom stereocenters. The number of hydrogen-bond donors (Lipinski definition) is 0. The van der Waals surface area contributed by atoms with Gasteiger partial charge in [-0.3, -0.25) is 0 Å². The van der Waals surface area contributed by atoms with Gasteiger partial charge in [0.25, 0.3) is 0 Å². The summed E-state index contributed by atoms with van der Waals surface area (Å²) in [5.74, 6) is 3.81. The summed E-state index contributed by atoms with van der Waals surface area (Å²) in [6.45, 7) is 7.55. The summed E-state index contributed by atoms with van der Waals surface area (Å²) in [5.41, 5.74) is 0. The standard InChI is InChI=1S/C26H42O2S3/c1-5-6-18-29-24-12-10-13-25(20-24)30-19-9-7-8-11-22-14-16-23(17-15-22)21-31(27,28)26(2,3)4/h5-6,10,12-13,20,22-23H,7-9,11,14-19,21H2,1-4H3/b6-5+. The first-order valence-electron chi connectivity index (χ1n) is 11.9. The zero-order valence-electron chi connectivity index (χ0n) is 19.9. The van der Waals surface area contributed by atoms with Crippen LogP contribution in [0.3, 0.4) is 0 Å². The van der Waals surface area contributed by atoms with E-state index in [0.717, 1.165) is 24.5 Å². The topological polar surface area (TPSA) is 34.1 Å². The summed E-state index contributed by atoms with van der Waals surface area (Å²) in [4.78, 5) is 2.74. The van der Waals surface area contributed by atoms with Gasteiger partial charge in [0.05, 0.1) is 10.5 Å². The quantitative estimate of drug-likeness (QED) is 0.171. The average Bonchev–Trinajstić information content (AvgIpc) is 2.71. The molecule has 31 heavy (non-hydrogen) atoms. The Hall–Kier alpha value is -0.390. The normalized spacial score (nSPS) is 20.4. The molecule has 0 amide bonds. The minimum absolute atomic E-state index is 0.379. The van der Waals surface area contributed by atoms with Crippen molar-refractivity contribution >= 4 is 33.4 Å². The number of allylic oxidation sites excluding steroid dienone is 1. The molecule has 0 heterocycles. The van der Waals surface area contributed by atoms with Crippen LogP contribution in [-0.4, -0.2) is 30.4 Å². The third-order valence-electron chi connectivity index (χ3n) is 6.27. The Morgan fingerprint density at radius 3 is 2.26 bits per heavy atom. The van der Waals surface area contributed by atoms with Crippen LogP contribution >= 0.6 is 23.5 Å². The number of benzene rings is 1. The average molecular weight is 483 g/mol. The second-order valence-electron chi connectivity index (χ2n) is 9.83. The highest BCUT2D eigenvalue weighted by atomic mass is 32.2. The summed E-state index contributed by atoms with van der Waals surface area (Å²) in [6.07, 6.45) is 14.2. The van der Waals surface area contributed by atoms with Gasteiger partial charge in [0, 0.05) is 15.5 Å². The van der Waals surface area contributed by atoms with E-state index in [4.69, 9.17) is 0 Å². The van der Waals surface area contributed by atoms with Crippen LogP contribution in [0.2, 0.25) is 0 Å². The van der Waals surface area contributed by atoms with E-state index in [9.17, 15) is 8.42 Å². The van der Waals surface area contributed by atoms with E-state index in [2.05, 4.69) is 43.3 Å². The van der Waals surface area contributed by atoms with Crippen molar-refractivity contribution in [3.63, 3.8) is 0 Å². The fourth-order valence-corrected chi connectivity index (χ4v) is 7.41. The highest BCUT2D eigenvalue weighted by Crippen LogP contribution is 2.34. The molecule has 1 aromatic carbocycles. The van der Waals surface area contributed by atoms with Crippen LogP contribution < -0.4 is 0 Å². The van der Waals surface area contributed by atoms with Gasteiger partial charge >= 0.3 is 0 Å². The molecule has 1 aliphatic carbocycles. The van der Waals surface area contributed by atoms with Crippen molar-refractivity contribution < 1.29 is 8.42 Å². The van der Waals surface area contributed by atoms with Crippen molar-refractivity contribution in [3.05, 3.63) is 36.4 Å². The molecule has 0 saturated heterocycles. The minimum Gasteiger partial charge on any atom is -0.228 e. The number of rotatable bonds is 12. The molecule has 1 fully saturated rings. The maximum Gasteiger partial charge on any atom is 0.155 e. The fraction of sp³-hybridized carbons (Fsp3) is 0.692. The van der Waals surface area contributed by atoms with Crippen molar-refractivity contribution in [3.8, 4) is 0 Å². The highest BCUT2D eigenvalue weighted by molar-refractivity contribution is 8.00. The molecule has 176 valence electrons. The van der Waals surface area contributed by atoms with Crippen molar-refractivity contribution in [2.75, 3.05) is 17.3 Å². The molecular weight excluding hydrogens is 440 g/mol. The van der Waals surface area contributed by atoms with Crippen LogP contribution in [0.25, 0.3) is 0 Å². The Morgan fingerprint density at radius 1 is 0.968 bits per heavy atom. The molecule has 0 bridgehead atoms. The number of sulfone groups is 1. The third-order valence-corrected chi connectivity index (χ3v) is 11.1. The summed E-state index contributed by atoms with van der Waals surface area (Å²) in [7, 11) is -2.98. The lowest BCUT2D eigenvalue weighted by Gasteiger charge is -2.30. The van der Waals surface area contributed by atoms with Gasteiger partial charge in [0.15, 0.2) is 9.84 Å².